The Labute approximate surface area is 219 Å². The van der Waals surface area contributed by atoms with Crippen molar-refractivity contribution >= 4 is 22.9 Å². The molecule has 0 amide bonds. The summed E-state index contributed by atoms with van der Waals surface area (Å²) < 4.78 is 22.5. The van der Waals surface area contributed by atoms with Gasteiger partial charge in [-0.3, -0.25) is 0 Å². The van der Waals surface area contributed by atoms with Gasteiger partial charge >= 0.3 is 11.9 Å². The van der Waals surface area contributed by atoms with Crippen LogP contribution in [-0.2, 0) is 14.2 Å². The van der Waals surface area contributed by atoms with Gasteiger partial charge < -0.3 is 54.4 Å². The van der Waals surface area contributed by atoms with Crippen molar-refractivity contribution in [3.8, 4) is 28.6 Å². The van der Waals surface area contributed by atoms with Crippen LogP contribution in [-0.4, -0.2) is 98.0 Å². The summed E-state index contributed by atoms with van der Waals surface area (Å²) in [6.07, 6.45) is -6.51. The lowest BCUT2D eigenvalue weighted by Crippen LogP contribution is -2.60. The fraction of sp³-hybridized carbons (Fsp3) is 0.308. The zero-order valence-electron chi connectivity index (χ0n) is 20.1. The maximum Gasteiger partial charge on any atom is 0.343 e. The van der Waals surface area contributed by atoms with Gasteiger partial charge in [-0.15, -0.1) is 0 Å². The van der Waals surface area contributed by atoms with Crippen molar-refractivity contribution in [2.75, 3.05) is 19.8 Å². The first kappa shape index (κ1) is 26.5. The van der Waals surface area contributed by atoms with E-state index in [2.05, 4.69) is 0 Å². The fourth-order valence-electron chi connectivity index (χ4n) is 4.75. The standard InChI is InChI=1S/C26H24O13/c27-6-5-11(8-28)22-19(32)20(33)24-16(37-22)9-36-25(34)12-2-4-14(30)23-17(12)18(26(35)39-24)21(38-23)10-1-3-13(29)15(31)7-10/h1-5,7,16,19-20,22,24,27-33H,6,8-9H2/t16-,19-,20-,22+,24-/m0/s1. The van der Waals surface area contributed by atoms with E-state index in [1.807, 2.05) is 0 Å². The number of aliphatic hydroxyl groups excluding tert-OH is 4. The molecule has 5 atom stereocenters. The van der Waals surface area contributed by atoms with E-state index >= 15 is 0 Å². The average molecular weight is 544 g/mol. The molecule has 7 N–H and O–H groups in total. The predicted octanol–water partition coefficient (Wildman–Crippen LogP) is 0.313. The van der Waals surface area contributed by atoms with Gasteiger partial charge in [0.05, 0.1) is 24.2 Å². The Morgan fingerprint density at radius 2 is 1.69 bits per heavy atom. The zero-order chi connectivity index (χ0) is 28.0. The van der Waals surface area contributed by atoms with E-state index in [-0.39, 0.29) is 39.0 Å². The molecule has 206 valence electrons. The van der Waals surface area contributed by atoms with E-state index < -0.39 is 79.5 Å². The smallest absolute Gasteiger partial charge is 0.343 e. The number of hydrogen-bond acceptors (Lipinski definition) is 13. The Hall–Kier alpha value is -4.14. The minimum Gasteiger partial charge on any atom is -0.504 e. The van der Waals surface area contributed by atoms with E-state index in [0.29, 0.717) is 0 Å². The Morgan fingerprint density at radius 3 is 2.38 bits per heavy atom. The van der Waals surface area contributed by atoms with Gasteiger partial charge in [-0.05, 0) is 35.9 Å². The summed E-state index contributed by atoms with van der Waals surface area (Å²) in [4.78, 5) is 26.8. The SMILES string of the molecule is O=C1OC[C@@H]2O[C@H](C(=CCO)CO)[C@@H](O)[C@H](O)[C@H]2OC(=O)c2c(-c3ccc(O)c(O)c3)oc3c(O)ccc1c23. The third-order valence-electron chi connectivity index (χ3n) is 6.69. The molecule has 1 saturated heterocycles. The van der Waals surface area contributed by atoms with Crippen LogP contribution in [0.3, 0.4) is 0 Å². The van der Waals surface area contributed by atoms with E-state index in [1.54, 1.807) is 0 Å². The van der Waals surface area contributed by atoms with Crippen LogP contribution in [0.25, 0.3) is 22.3 Å². The van der Waals surface area contributed by atoms with Gasteiger partial charge in [0.25, 0.3) is 0 Å². The van der Waals surface area contributed by atoms with Crippen LogP contribution in [0.4, 0.5) is 0 Å². The van der Waals surface area contributed by atoms with Crippen LogP contribution in [0.2, 0.25) is 0 Å². The number of esters is 2. The van der Waals surface area contributed by atoms with Crippen LogP contribution < -0.4 is 0 Å². The average Bonchev–Trinajstić information content (AvgIpc) is 3.32. The van der Waals surface area contributed by atoms with Crippen molar-refractivity contribution in [3.63, 3.8) is 0 Å². The molecule has 2 aromatic carbocycles. The molecule has 13 heteroatoms. The summed E-state index contributed by atoms with van der Waals surface area (Å²) in [5, 5.41) is 70.5. The lowest BCUT2D eigenvalue weighted by molar-refractivity contribution is -0.220. The molecule has 0 aliphatic carbocycles. The summed E-state index contributed by atoms with van der Waals surface area (Å²) >= 11 is 0. The van der Waals surface area contributed by atoms with Crippen LogP contribution in [0, 0.1) is 0 Å². The highest BCUT2D eigenvalue weighted by atomic mass is 16.6. The Bertz CT molecular complexity index is 1470. The van der Waals surface area contributed by atoms with Crippen molar-refractivity contribution in [3.05, 3.63) is 53.1 Å². The number of phenols is 3. The number of carbonyl (C=O) groups is 2. The number of benzene rings is 2. The molecule has 1 aromatic heterocycles. The highest BCUT2D eigenvalue weighted by Gasteiger charge is 2.49. The molecule has 3 heterocycles. The maximum absolute atomic E-state index is 13.7. The molecule has 0 spiro atoms. The van der Waals surface area contributed by atoms with Gasteiger partial charge in [-0.25, -0.2) is 9.59 Å². The molecule has 13 nitrogen and oxygen atoms in total. The van der Waals surface area contributed by atoms with Crippen LogP contribution in [0.1, 0.15) is 20.7 Å². The number of aromatic hydroxyl groups is 3. The third kappa shape index (κ3) is 4.45. The first-order chi connectivity index (χ1) is 18.7. The Kier molecular flexibility index (Phi) is 6.92. The molecular weight excluding hydrogens is 520 g/mol. The maximum atomic E-state index is 13.7. The lowest BCUT2D eigenvalue weighted by Gasteiger charge is -2.42. The molecule has 0 unspecified atom stereocenters. The van der Waals surface area contributed by atoms with Gasteiger partial charge in [0, 0.05) is 5.56 Å². The molecule has 3 aromatic rings. The molecule has 2 aliphatic rings. The van der Waals surface area contributed by atoms with Crippen molar-refractivity contribution in [2.45, 2.75) is 30.5 Å². The second-order valence-electron chi connectivity index (χ2n) is 9.01. The van der Waals surface area contributed by atoms with E-state index in [4.69, 9.17) is 18.6 Å². The van der Waals surface area contributed by atoms with Gasteiger partial charge in [0.1, 0.15) is 42.3 Å². The summed E-state index contributed by atoms with van der Waals surface area (Å²) in [6.45, 7) is -1.66. The van der Waals surface area contributed by atoms with E-state index in [1.165, 1.54) is 18.2 Å². The fourth-order valence-corrected chi connectivity index (χ4v) is 4.75. The Morgan fingerprint density at radius 1 is 0.949 bits per heavy atom. The van der Waals surface area contributed by atoms with Gasteiger partial charge in [-0.2, -0.15) is 0 Å². The molecule has 0 saturated carbocycles. The van der Waals surface area contributed by atoms with Gasteiger partial charge in [0.2, 0.25) is 0 Å². The molecule has 1 fully saturated rings. The summed E-state index contributed by atoms with van der Waals surface area (Å²) in [7, 11) is 0. The second-order valence-corrected chi connectivity index (χ2v) is 9.01. The minimum atomic E-state index is -1.78. The topological polar surface area (TPSA) is 217 Å². The van der Waals surface area contributed by atoms with Crippen LogP contribution >= 0.6 is 0 Å². The number of phenolic OH excluding ortho intramolecular Hbond substituents is 3. The first-order valence-corrected chi connectivity index (χ1v) is 11.8. The van der Waals surface area contributed by atoms with E-state index in [0.717, 1.165) is 18.2 Å². The number of fused-ring (bicyclic) bond motifs is 1. The molecule has 39 heavy (non-hydrogen) atoms. The van der Waals surface area contributed by atoms with Crippen molar-refractivity contribution in [1.82, 2.24) is 0 Å². The normalized spacial score (nSPS) is 25.6. The highest BCUT2D eigenvalue weighted by molar-refractivity contribution is 6.17. The monoisotopic (exact) mass is 544 g/mol. The van der Waals surface area contributed by atoms with Crippen molar-refractivity contribution in [2.24, 2.45) is 0 Å². The van der Waals surface area contributed by atoms with Crippen molar-refractivity contribution in [1.29, 1.82) is 0 Å². The molecule has 0 bridgehead atoms. The lowest BCUT2D eigenvalue weighted by atomic mass is 9.90. The minimum absolute atomic E-state index is 0.0454. The largest absolute Gasteiger partial charge is 0.504 e. The second kappa shape index (κ2) is 10.2. The number of ether oxygens (including phenoxy) is 3. The summed E-state index contributed by atoms with van der Waals surface area (Å²) in [6, 6.07) is 5.90. The van der Waals surface area contributed by atoms with Gasteiger partial charge in [-0.1, -0.05) is 6.08 Å². The quantitative estimate of drug-likeness (QED) is 0.134. The molecule has 0 radical (unpaired) electrons. The molecular formula is C26H24O13. The molecule has 5 rings (SSSR count). The summed E-state index contributed by atoms with van der Waals surface area (Å²) in [5.41, 5.74) is -0.681. The number of hydrogen-bond donors (Lipinski definition) is 7. The number of rotatable bonds is 4. The van der Waals surface area contributed by atoms with Crippen LogP contribution in [0.15, 0.2) is 46.4 Å². The van der Waals surface area contributed by atoms with Gasteiger partial charge in [0.15, 0.2) is 28.9 Å². The van der Waals surface area contributed by atoms with Crippen LogP contribution in [0.5, 0.6) is 17.2 Å². The number of aliphatic hydroxyl groups is 4. The summed E-state index contributed by atoms with van der Waals surface area (Å²) in [5.74, 6) is -3.73. The Balaban J connectivity index is 1.65. The third-order valence-corrected chi connectivity index (χ3v) is 6.69. The number of cyclic esters (lactones) is 1. The van der Waals surface area contributed by atoms with Crippen molar-refractivity contribution < 1.29 is 64.0 Å². The van der Waals surface area contributed by atoms with E-state index in [9.17, 15) is 45.3 Å². The number of furan rings is 1. The zero-order valence-corrected chi connectivity index (χ0v) is 20.1. The predicted molar refractivity (Wildman–Crippen MR) is 129 cm³/mol. The molecule has 2 aliphatic heterocycles. The highest BCUT2D eigenvalue weighted by Crippen LogP contribution is 2.43. The first-order valence-electron chi connectivity index (χ1n) is 11.8. The number of carbonyl (C=O) groups excluding carboxylic acids is 2.